The molecule has 1 rings (SSSR count). The Morgan fingerprint density at radius 1 is 1.21 bits per heavy atom. The lowest BCUT2D eigenvalue weighted by Crippen LogP contribution is -1.90. The number of hydrogen-bond donors (Lipinski definition) is 0. The van der Waals surface area contributed by atoms with Gasteiger partial charge in [-0.15, -0.1) is 0 Å². The summed E-state index contributed by atoms with van der Waals surface area (Å²) in [7, 11) is 0. The number of alkyl halides is 1. The van der Waals surface area contributed by atoms with Crippen LogP contribution in [0.4, 0.5) is 0 Å². The summed E-state index contributed by atoms with van der Waals surface area (Å²) in [6.45, 7) is 4.24. The van der Waals surface area contributed by atoms with Gasteiger partial charge in [-0.1, -0.05) is 59.4 Å². The summed E-state index contributed by atoms with van der Waals surface area (Å²) in [6.07, 6.45) is 2.18. The van der Waals surface area contributed by atoms with Crippen LogP contribution in [-0.4, -0.2) is 4.83 Å². The Kier molecular flexibility index (Phi) is 4.88. The van der Waals surface area contributed by atoms with Crippen molar-refractivity contribution in [3.63, 3.8) is 0 Å². The maximum Gasteiger partial charge on any atom is 0.0326 e. The highest BCUT2D eigenvalue weighted by molar-refractivity contribution is 9.11. The molecule has 0 spiro atoms. The summed E-state index contributed by atoms with van der Waals surface area (Å²) in [5, 5.41) is 0. The molecule has 0 aliphatic heterocycles. The maximum atomic E-state index is 3.54. The number of allylic oxidation sites excluding steroid dienone is 1. The van der Waals surface area contributed by atoms with Gasteiger partial charge in [0.05, 0.1) is 0 Å². The first-order chi connectivity index (χ1) is 6.49. The van der Waals surface area contributed by atoms with Crippen molar-refractivity contribution in [2.75, 3.05) is 0 Å². The van der Waals surface area contributed by atoms with Gasteiger partial charge in [-0.3, -0.25) is 0 Å². The second kappa shape index (κ2) is 5.47. The first-order valence-electron chi connectivity index (χ1n) is 4.27. The standard InChI is InChI=1S/C11H11Br3/c1-7(8(2)12)3-9-4-10(13)6-11(14)5-9/h3-6,8H,1-2H3/b7-3+. The number of hydrogen-bond acceptors (Lipinski definition) is 0. The highest BCUT2D eigenvalue weighted by Gasteiger charge is 2.00. The Morgan fingerprint density at radius 2 is 1.71 bits per heavy atom. The molecular weight excluding hydrogens is 372 g/mol. The van der Waals surface area contributed by atoms with Gasteiger partial charge in [-0.2, -0.15) is 0 Å². The van der Waals surface area contributed by atoms with Crippen molar-refractivity contribution in [2.24, 2.45) is 0 Å². The van der Waals surface area contributed by atoms with Gasteiger partial charge < -0.3 is 0 Å². The van der Waals surface area contributed by atoms with Crippen molar-refractivity contribution in [1.82, 2.24) is 0 Å². The van der Waals surface area contributed by atoms with Crippen molar-refractivity contribution in [3.8, 4) is 0 Å². The zero-order valence-electron chi connectivity index (χ0n) is 8.02. The first kappa shape index (κ1) is 12.5. The summed E-state index contributed by atoms with van der Waals surface area (Å²) in [6, 6.07) is 6.23. The Balaban J connectivity index is 3.02. The normalized spacial score (nSPS) is 14.2. The highest BCUT2D eigenvalue weighted by Crippen LogP contribution is 2.23. The molecule has 1 unspecified atom stereocenters. The number of halogens is 3. The molecule has 0 nitrogen and oxygen atoms in total. The highest BCUT2D eigenvalue weighted by atomic mass is 79.9. The minimum Gasteiger partial charge on any atom is -0.0845 e. The van der Waals surface area contributed by atoms with Crippen molar-refractivity contribution in [3.05, 3.63) is 38.3 Å². The maximum absolute atomic E-state index is 3.54. The van der Waals surface area contributed by atoms with Crippen LogP contribution in [-0.2, 0) is 0 Å². The van der Waals surface area contributed by atoms with Crippen LogP contribution in [0.3, 0.4) is 0 Å². The van der Waals surface area contributed by atoms with Crippen LogP contribution < -0.4 is 0 Å². The van der Waals surface area contributed by atoms with Crippen molar-refractivity contribution in [2.45, 2.75) is 18.7 Å². The SMILES string of the molecule is C/C(=C\c1cc(Br)cc(Br)c1)C(C)Br. The fraction of sp³-hybridized carbons (Fsp3) is 0.273. The third-order valence-electron chi connectivity index (χ3n) is 1.91. The van der Waals surface area contributed by atoms with Crippen LogP contribution in [0.5, 0.6) is 0 Å². The van der Waals surface area contributed by atoms with Crippen LogP contribution in [0.15, 0.2) is 32.7 Å². The predicted molar refractivity (Wildman–Crippen MR) is 73.9 cm³/mol. The Labute approximate surface area is 110 Å². The van der Waals surface area contributed by atoms with Gasteiger partial charge in [-0.05, 0) is 37.6 Å². The van der Waals surface area contributed by atoms with Crippen molar-refractivity contribution in [1.29, 1.82) is 0 Å². The van der Waals surface area contributed by atoms with E-state index in [-0.39, 0.29) is 0 Å². The quantitative estimate of drug-likeness (QED) is 0.601. The van der Waals surface area contributed by atoms with E-state index in [1.807, 2.05) is 6.07 Å². The van der Waals surface area contributed by atoms with E-state index < -0.39 is 0 Å². The summed E-state index contributed by atoms with van der Waals surface area (Å²) < 4.78 is 2.18. The average Bonchev–Trinajstić information content (AvgIpc) is 2.01. The van der Waals surface area contributed by atoms with Crippen LogP contribution >= 0.6 is 47.8 Å². The zero-order chi connectivity index (χ0) is 10.7. The summed E-state index contributed by atoms with van der Waals surface area (Å²) in [5.74, 6) is 0. The minimum absolute atomic E-state index is 0.417. The molecule has 0 radical (unpaired) electrons. The molecular formula is C11H11Br3. The fourth-order valence-corrected chi connectivity index (χ4v) is 2.50. The monoisotopic (exact) mass is 380 g/mol. The Hall–Kier alpha value is 0.400. The zero-order valence-corrected chi connectivity index (χ0v) is 12.8. The van der Waals surface area contributed by atoms with E-state index in [1.54, 1.807) is 0 Å². The van der Waals surface area contributed by atoms with E-state index >= 15 is 0 Å². The second-order valence-electron chi connectivity index (χ2n) is 3.21. The van der Waals surface area contributed by atoms with Gasteiger partial charge in [-0.25, -0.2) is 0 Å². The molecule has 0 fully saturated rings. The van der Waals surface area contributed by atoms with Gasteiger partial charge in [0.2, 0.25) is 0 Å². The molecule has 0 heterocycles. The molecule has 1 atom stereocenters. The summed E-state index contributed by atoms with van der Waals surface area (Å²) >= 11 is 10.5. The van der Waals surface area contributed by atoms with Crippen LogP contribution in [0.2, 0.25) is 0 Å². The third kappa shape index (κ3) is 3.87. The molecule has 76 valence electrons. The van der Waals surface area contributed by atoms with Crippen LogP contribution in [0, 0.1) is 0 Å². The van der Waals surface area contributed by atoms with Crippen molar-refractivity contribution < 1.29 is 0 Å². The molecule has 0 saturated carbocycles. The molecule has 0 aliphatic rings. The third-order valence-corrected chi connectivity index (χ3v) is 3.54. The fourth-order valence-electron chi connectivity index (χ4n) is 1.04. The molecule has 1 aromatic rings. The van der Waals surface area contributed by atoms with E-state index in [4.69, 9.17) is 0 Å². The topological polar surface area (TPSA) is 0 Å². The van der Waals surface area contributed by atoms with Gasteiger partial charge in [0.15, 0.2) is 0 Å². The van der Waals surface area contributed by atoms with Gasteiger partial charge in [0, 0.05) is 13.8 Å². The Bertz CT molecular complexity index is 333. The lowest BCUT2D eigenvalue weighted by Gasteiger charge is -2.04. The van der Waals surface area contributed by atoms with Crippen LogP contribution in [0.25, 0.3) is 6.08 Å². The summed E-state index contributed by atoms with van der Waals surface area (Å²) in [4.78, 5) is 0.417. The summed E-state index contributed by atoms with van der Waals surface area (Å²) in [5.41, 5.74) is 2.52. The Morgan fingerprint density at radius 3 is 2.14 bits per heavy atom. The smallest absolute Gasteiger partial charge is 0.0326 e. The van der Waals surface area contributed by atoms with Gasteiger partial charge >= 0.3 is 0 Å². The van der Waals surface area contributed by atoms with E-state index in [1.165, 1.54) is 11.1 Å². The largest absolute Gasteiger partial charge is 0.0845 e. The first-order valence-corrected chi connectivity index (χ1v) is 6.77. The molecule has 0 aromatic heterocycles. The molecule has 0 N–H and O–H groups in total. The number of rotatable bonds is 2. The predicted octanol–water partition coefficient (Wildman–Crippen LogP) is 5.40. The molecule has 0 bridgehead atoms. The van der Waals surface area contributed by atoms with E-state index in [2.05, 4.69) is 79.8 Å². The number of benzene rings is 1. The molecule has 0 saturated heterocycles. The lowest BCUT2D eigenvalue weighted by molar-refractivity contribution is 1.16. The van der Waals surface area contributed by atoms with E-state index in [0.717, 1.165) is 8.95 Å². The molecule has 1 aromatic carbocycles. The van der Waals surface area contributed by atoms with Gasteiger partial charge in [0.25, 0.3) is 0 Å². The van der Waals surface area contributed by atoms with Gasteiger partial charge in [0.1, 0.15) is 0 Å². The van der Waals surface area contributed by atoms with E-state index in [9.17, 15) is 0 Å². The molecule has 0 amide bonds. The van der Waals surface area contributed by atoms with E-state index in [0.29, 0.717) is 4.83 Å². The lowest BCUT2D eigenvalue weighted by atomic mass is 10.1. The minimum atomic E-state index is 0.417. The molecule has 3 heteroatoms. The second-order valence-corrected chi connectivity index (χ2v) is 6.41. The average molecular weight is 383 g/mol. The van der Waals surface area contributed by atoms with Crippen molar-refractivity contribution >= 4 is 53.9 Å². The van der Waals surface area contributed by atoms with Crippen LogP contribution in [0.1, 0.15) is 19.4 Å². The molecule has 14 heavy (non-hydrogen) atoms. The molecule has 0 aliphatic carbocycles.